The standard InChI is InChI=1S/C9H11FO2/c1-9(12,6-11)7-4-2-3-5-8(7)10/h2-5,11-12H,6H2,1H3. The maximum atomic E-state index is 13.0. The Hall–Kier alpha value is -0.930. The molecule has 0 saturated carbocycles. The molecule has 1 rings (SSSR count). The number of hydrogen-bond donors (Lipinski definition) is 2. The van der Waals surface area contributed by atoms with Gasteiger partial charge in [0, 0.05) is 5.56 Å². The van der Waals surface area contributed by atoms with Gasteiger partial charge in [0.15, 0.2) is 0 Å². The average Bonchev–Trinajstić information content (AvgIpc) is 2.05. The van der Waals surface area contributed by atoms with Crippen LogP contribution in [-0.4, -0.2) is 16.8 Å². The smallest absolute Gasteiger partial charge is 0.129 e. The van der Waals surface area contributed by atoms with Gasteiger partial charge in [-0.1, -0.05) is 18.2 Å². The van der Waals surface area contributed by atoms with E-state index in [0.717, 1.165) is 0 Å². The lowest BCUT2D eigenvalue weighted by Crippen LogP contribution is -2.27. The molecule has 0 saturated heterocycles. The quantitative estimate of drug-likeness (QED) is 0.695. The molecule has 12 heavy (non-hydrogen) atoms. The first-order valence-electron chi connectivity index (χ1n) is 3.66. The summed E-state index contributed by atoms with van der Waals surface area (Å²) in [5.74, 6) is -0.503. The van der Waals surface area contributed by atoms with Crippen LogP contribution in [0, 0.1) is 5.82 Å². The van der Waals surface area contributed by atoms with Crippen molar-refractivity contribution in [1.29, 1.82) is 0 Å². The molecule has 1 aromatic rings. The van der Waals surface area contributed by atoms with E-state index in [0.29, 0.717) is 0 Å². The molecule has 0 aliphatic rings. The summed E-state index contributed by atoms with van der Waals surface area (Å²) in [7, 11) is 0. The number of benzene rings is 1. The molecule has 0 aliphatic carbocycles. The van der Waals surface area contributed by atoms with E-state index < -0.39 is 18.0 Å². The van der Waals surface area contributed by atoms with Gasteiger partial charge in [0.2, 0.25) is 0 Å². The zero-order valence-corrected chi connectivity index (χ0v) is 6.79. The fraction of sp³-hybridized carbons (Fsp3) is 0.333. The van der Waals surface area contributed by atoms with Crippen molar-refractivity contribution < 1.29 is 14.6 Å². The first kappa shape index (κ1) is 9.16. The lowest BCUT2D eigenvalue weighted by Gasteiger charge is -2.20. The zero-order valence-electron chi connectivity index (χ0n) is 6.79. The fourth-order valence-corrected chi connectivity index (χ4v) is 0.983. The molecule has 2 nitrogen and oxygen atoms in total. The van der Waals surface area contributed by atoms with Crippen molar-refractivity contribution in [2.24, 2.45) is 0 Å². The Morgan fingerprint density at radius 3 is 2.50 bits per heavy atom. The third-order valence-electron chi connectivity index (χ3n) is 1.76. The summed E-state index contributed by atoms with van der Waals surface area (Å²) in [6.07, 6.45) is 0. The zero-order chi connectivity index (χ0) is 9.19. The predicted octanol–water partition coefficient (Wildman–Crippen LogP) is 1.03. The molecule has 0 amide bonds. The van der Waals surface area contributed by atoms with E-state index in [-0.39, 0.29) is 5.56 Å². The molecule has 3 heteroatoms. The summed E-state index contributed by atoms with van der Waals surface area (Å²) < 4.78 is 13.0. The molecule has 0 radical (unpaired) electrons. The topological polar surface area (TPSA) is 40.5 Å². The summed E-state index contributed by atoms with van der Waals surface area (Å²) >= 11 is 0. The van der Waals surface area contributed by atoms with Gasteiger partial charge in [0.25, 0.3) is 0 Å². The lowest BCUT2D eigenvalue weighted by molar-refractivity contribution is -0.00506. The van der Waals surface area contributed by atoms with Gasteiger partial charge in [0.1, 0.15) is 11.4 Å². The minimum Gasteiger partial charge on any atom is -0.393 e. The van der Waals surface area contributed by atoms with E-state index in [1.54, 1.807) is 6.07 Å². The molecule has 66 valence electrons. The molecule has 1 aromatic carbocycles. The highest BCUT2D eigenvalue weighted by Gasteiger charge is 2.24. The normalized spacial score (nSPS) is 15.7. The minimum atomic E-state index is -1.49. The number of rotatable bonds is 2. The van der Waals surface area contributed by atoms with Crippen LogP contribution < -0.4 is 0 Å². The molecule has 2 N–H and O–H groups in total. The second-order valence-electron chi connectivity index (χ2n) is 2.91. The van der Waals surface area contributed by atoms with Crippen LogP contribution in [0.4, 0.5) is 4.39 Å². The minimum absolute atomic E-state index is 0.118. The molecule has 0 heterocycles. The van der Waals surface area contributed by atoms with E-state index in [1.807, 2.05) is 0 Å². The van der Waals surface area contributed by atoms with Crippen molar-refractivity contribution in [3.05, 3.63) is 35.6 Å². The van der Waals surface area contributed by atoms with Crippen molar-refractivity contribution in [1.82, 2.24) is 0 Å². The van der Waals surface area contributed by atoms with E-state index >= 15 is 0 Å². The Bertz CT molecular complexity index is 271. The SMILES string of the molecule is CC(O)(CO)c1ccccc1F. The van der Waals surface area contributed by atoms with Gasteiger partial charge < -0.3 is 10.2 Å². The van der Waals surface area contributed by atoms with Crippen molar-refractivity contribution in [2.75, 3.05) is 6.61 Å². The van der Waals surface area contributed by atoms with Crippen molar-refractivity contribution >= 4 is 0 Å². The highest BCUT2D eigenvalue weighted by Crippen LogP contribution is 2.21. The van der Waals surface area contributed by atoms with Crippen LogP contribution in [0.5, 0.6) is 0 Å². The summed E-state index contributed by atoms with van der Waals surface area (Å²) in [6, 6.07) is 5.85. The predicted molar refractivity (Wildman–Crippen MR) is 43.1 cm³/mol. The Morgan fingerprint density at radius 1 is 1.42 bits per heavy atom. The van der Waals surface area contributed by atoms with E-state index in [4.69, 9.17) is 5.11 Å². The Kier molecular flexibility index (Phi) is 2.45. The summed E-state index contributed by atoms with van der Waals surface area (Å²) in [4.78, 5) is 0. The number of aliphatic hydroxyl groups is 2. The van der Waals surface area contributed by atoms with Gasteiger partial charge in [-0.3, -0.25) is 0 Å². The molecule has 1 unspecified atom stereocenters. The van der Waals surface area contributed by atoms with Gasteiger partial charge in [-0.2, -0.15) is 0 Å². The third kappa shape index (κ3) is 1.62. The molecule has 1 atom stereocenters. The second-order valence-corrected chi connectivity index (χ2v) is 2.91. The van der Waals surface area contributed by atoms with Crippen molar-refractivity contribution in [2.45, 2.75) is 12.5 Å². The van der Waals surface area contributed by atoms with Gasteiger partial charge >= 0.3 is 0 Å². The monoisotopic (exact) mass is 170 g/mol. The number of aliphatic hydroxyl groups excluding tert-OH is 1. The summed E-state index contributed by atoms with van der Waals surface area (Å²) in [5, 5.41) is 18.2. The van der Waals surface area contributed by atoms with Crippen LogP contribution in [0.1, 0.15) is 12.5 Å². The fourth-order valence-electron chi connectivity index (χ4n) is 0.983. The summed E-state index contributed by atoms with van der Waals surface area (Å²) in [6.45, 7) is 0.874. The largest absolute Gasteiger partial charge is 0.393 e. The molecule has 0 aliphatic heterocycles. The Labute approximate surface area is 70.3 Å². The number of hydrogen-bond acceptors (Lipinski definition) is 2. The highest BCUT2D eigenvalue weighted by molar-refractivity contribution is 5.23. The average molecular weight is 170 g/mol. The van der Waals surface area contributed by atoms with Crippen molar-refractivity contribution in [3.63, 3.8) is 0 Å². The van der Waals surface area contributed by atoms with Crippen molar-refractivity contribution in [3.8, 4) is 0 Å². The Balaban J connectivity index is 3.10. The molecule has 0 bridgehead atoms. The van der Waals surface area contributed by atoms with Crippen LogP contribution in [-0.2, 0) is 5.60 Å². The molecule has 0 aromatic heterocycles. The van der Waals surface area contributed by atoms with Gasteiger partial charge in [-0.05, 0) is 13.0 Å². The maximum absolute atomic E-state index is 13.0. The molecular formula is C9H11FO2. The lowest BCUT2D eigenvalue weighted by atomic mass is 9.97. The van der Waals surface area contributed by atoms with E-state index in [9.17, 15) is 9.50 Å². The van der Waals surface area contributed by atoms with E-state index in [2.05, 4.69) is 0 Å². The van der Waals surface area contributed by atoms with Crippen LogP contribution >= 0.6 is 0 Å². The van der Waals surface area contributed by atoms with E-state index in [1.165, 1.54) is 25.1 Å². The van der Waals surface area contributed by atoms with Crippen LogP contribution in [0.25, 0.3) is 0 Å². The first-order chi connectivity index (χ1) is 5.58. The third-order valence-corrected chi connectivity index (χ3v) is 1.76. The molecule has 0 spiro atoms. The maximum Gasteiger partial charge on any atom is 0.129 e. The number of halogens is 1. The molecular weight excluding hydrogens is 159 g/mol. The van der Waals surface area contributed by atoms with Crippen LogP contribution in [0.15, 0.2) is 24.3 Å². The Morgan fingerprint density at radius 2 is 2.00 bits per heavy atom. The second kappa shape index (κ2) is 3.21. The van der Waals surface area contributed by atoms with Gasteiger partial charge in [0.05, 0.1) is 6.61 Å². The van der Waals surface area contributed by atoms with Crippen LogP contribution in [0.2, 0.25) is 0 Å². The van der Waals surface area contributed by atoms with Gasteiger partial charge in [-0.25, -0.2) is 4.39 Å². The molecule has 0 fully saturated rings. The highest BCUT2D eigenvalue weighted by atomic mass is 19.1. The first-order valence-corrected chi connectivity index (χ1v) is 3.66. The van der Waals surface area contributed by atoms with Crippen LogP contribution in [0.3, 0.4) is 0 Å². The summed E-state index contributed by atoms with van der Waals surface area (Å²) in [5.41, 5.74) is -1.38. The van der Waals surface area contributed by atoms with Gasteiger partial charge in [-0.15, -0.1) is 0 Å².